The number of hydrogen-bond donors (Lipinski definition) is 2. The average Bonchev–Trinajstić information content (AvgIpc) is 2.30. The number of para-hydroxylation sites is 1. The zero-order chi connectivity index (χ0) is 11.8. The van der Waals surface area contributed by atoms with E-state index in [9.17, 15) is 0 Å². The van der Waals surface area contributed by atoms with E-state index in [1.807, 2.05) is 18.2 Å². The summed E-state index contributed by atoms with van der Waals surface area (Å²) in [4.78, 5) is 0. The van der Waals surface area contributed by atoms with Crippen molar-refractivity contribution in [2.45, 2.75) is 26.4 Å². The lowest BCUT2D eigenvalue weighted by atomic mass is 10.2. The highest BCUT2D eigenvalue weighted by Crippen LogP contribution is 2.18. The fourth-order valence-electron chi connectivity index (χ4n) is 1.48. The smallest absolute Gasteiger partial charge is 0.122 e. The van der Waals surface area contributed by atoms with Crippen molar-refractivity contribution >= 4 is 12.6 Å². The number of thiol groups is 1. The van der Waals surface area contributed by atoms with Crippen molar-refractivity contribution in [2.75, 3.05) is 18.8 Å². The molecule has 0 aliphatic heterocycles. The molecule has 0 bridgehead atoms. The lowest BCUT2D eigenvalue weighted by molar-refractivity contribution is 0.193. The molecule has 0 radical (unpaired) electrons. The van der Waals surface area contributed by atoms with Crippen LogP contribution in [0.4, 0.5) is 0 Å². The summed E-state index contributed by atoms with van der Waals surface area (Å²) < 4.78 is 5.95. The third-order valence-corrected chi connectivity index (χ3v) is 2.73. The SMILES string of the molecule is CCC(CNCCS)Oc1ccccc1C. The van der Waals surface area contributed by atoms with Gasteiger partial charge in [0.1, 0.15) is 11.9 Å². The van der Waals surface area contributed by atoms with E-state index < -0.39 is 0 Å². The van der Waals surface area contributed by atoms with Gasteiger partial charge >= 0.3 is 0 Å². The molecule has 1 aromatic carbocycles. The van der Waals surface area contributed by atoms with Gasteiger partial charge in [0.15, 0.2) is 0 Å². The monoisotopic (exact) mass is 239 g/mol. The molecule has 0 aliphatic rings. The normalized spacial score (nSPS) is 12.4. The predicted octanol–water partition coefficient (Wildman–Crippen LogP) is 2.67. The Balaban J connectivity index is 2.46. The minimum absolute atomic E-state index is 0.237. The highest BCUT2D eigenvalue weighted by Gasteiger charge is 2.08. The zero-order valence-corrected chi connectivity index (χ0v) is 11.0. The van der Waals surface area contributed by atoms with Crippen LogP contribution in [-0.4, -0.2) is 24.9 Å². The molecule has 0 saturated heterocycles. The molecule has 0 amide bonds. The maximum Gasteiger partial charge on any atom is 0.122 e. The van der Waals surface area contributed by atoms with Crippen LogP contribution in [0.3, 0.4) is 0 Å². The van der Waals surface area contributed by atoms with Gasteiger partial charge in [0.25, 0.3) is 0 Å². The maximum absolute atomic E-state index is 5.95. The van der Waals surface area contributed by atoms with Crippen LogP contribution in [0.25, 0.3) is 0 Å². The van der Waals surface area contributed by atoms with Crippen molar-refractivity contribution in [3.63, 3.8) is 0 Å². The van der Waals surface area contributed by atoms with Crippen LogP contribution in [-0.2, 0) is 0 Å². The van der Waals surface area contributed by atoms with Gasteiger partial charge in [-0.3, -0.25) is 0 Å². The maximum atomic E-state index is 5.95. The molecule has 1 unspecified atom stereocenters. The molecule has 90 valence electrons. The zero-order valence-electron chi connectivity index (χ0n) is 10.1. The molecule has 0 aliphatic carbocycles. The summed E-state index contributed by atoms with van der Waals surface area (Å²) in [6.07, 6.45) is 1.24. The Morgan fingerprint density at radius 1 is 1.38 bits per heavy atom. The molecule has 1 rings (SSSR count). The first-order chi connectivity index (χ1) is 7.77. The number of nitrogens with one attached hydrogen (secondary N) is 1. The molecule has 0 saturated carbocycles. The Kier molecular flexibility index (Phi) is 6.34. The summed E-state index contributed by atoms with van der Waals surface area (Å²) in [7, 11) is 0. The molecule has 16 heavy (non-hydrogen) atoms. The summed E-state index contributed by atoms with van der Waals surface area (Å²) >= 11 is 4.16. The van der Waals surface area contributed by atoms with Crippen LogP contribution in [0.5, 0.6) is 5.75 Å². The van der Waals surface area contributed by atoms with Crippen LogP contribution < -0.4 is 10.1 Å². The first-order valence-electron chi connectivity index (χ1n) is 5.81. The molecule has 0 fully saturated rings. The molecular formula is C13H21NOS. The van der Waals surface area contributed by atoms with Gasteiger partial charge in [0.05, 0.1) is 0 Å². The van der Waals surface area contributed by atoms with E-state index in [1.165, 1.54) is 5.56 Å². The highest BCUT2D eigenvalue weighted by atomic mass is 32.1. The second-order valence-electron chi connectivity index (χ2n) is 3.84. The van der Waals surface area contributed by atoms with E-state index in [4.69, 9.17) is 4.74 Å². The third-order valence-electron chi connectivity index (χ3n) is 2.50. The summed E-state index contributed by atoms with van der Waals surface area (Å²) in [6, 6.07) is 8.14. The Hall–Kier alpha value is -0.670. The molecule has 0 aromatic heterocycles. The second-order valence-corrected chi connectivity index (χ2v) is 4.29. The molecule has 1 N–H and O–H groups in total. The molecule has 1 atom stereocenters. The van der Waals surface area contributed by atoms with Gasteiger partial charge in [-0.2, -0.15) is 12.6 Å². The summed E-state index contributed by atoms with van der Waals surface area (Å²) in [5, 5.41) is 3.32. The van der Waals surface area contributed by atoms with Crippen LogP contribution in [0.15, 0.2) is 24.3 Å². The van der Waals surface area contributed by atoms with Gasteiger partial charge in [-0.15, -0.1) is 0 Å². The lowest BCUT2D eigenvalue weighted by Crippen LogP contribution is -2.32. The number of rotatable bonds is 7. The Labute approximate surface area is 104 Å². The molecule has 0 heterocycles. The Bertz CT molecular complexity index is 304. The average molecular weight is 239 g/mol. The van der Waals surface area contributed by atoms with E-state index in [1.54, 1.807) is 0 Å². The van der Waals surface area contributed by atoms with Gasteiger partial charge in [-0.1, -0.05) is 25.1 Å². The third kappa shape index (κ3) is 4.45. The van der Waals surface area contributed by atoms with Gasteiger partial charge in [-0.05, 0) is 25.0 Å². The molecule has 0 spiro atoms. The van der Waals surface area contributed by atoms with E-state index in [0.717, 1.165) is 31.0 Å². The van der Waals surface area contributed by atoms with Crippen molar-refractivity contribution in [1.82, 2.24) is 5.32 Å². The number of aryl methyl sites for hydroxylation is 1. The number of benzene rings is 1. The summed E-state index contributed by atoms with van der Waals surface area (Å²) in [6.45, 7) is 6.02. The standard InChI is InChI=1S/C13H21NOS/c1-3-12(10-14-8-9-16)15-13-7-5-4-6-11(13)2/h4-7,12,14,16H,3,8-10H2,1-2H3. The van der Waals surface area contributed by atoms with Gasteiger partial charge in [-0.25, -0.2) is 0 Å². The molecule has 1 aromatic rings. The van der Waals surface area contributed by atoms with Crippen molar-refractivity contribution in [2.24, 2.45) is 0 Å². The molecular weight excluding hydrogens is 218 g/mol. The lowest BCUT2D eigenvalue weighted by Gasteiger charge is -2.19. The van der Waals surface area contributed by atoms with E-state index in [-0.39, 0.29) is 6.10 Å². The topological polar surface area (TPSA) is 21.3 Å². The van der Waals surface area contributed by atoms with Crippen LogP contribution in [0, 0.1) is 6.92 Å². The quantitative estimate of drug-likeness (QED) is 0.564. The first kappa shape index (κ1) is 13.4. The highest BCUT2D eigenvalue weighted by molar-refractivity contribution is 7.80. The molecule has 2 nitrogen and oxygen atoms in total. The number of ether oxygens (including phenoxy) is 1. The van der Waals surface area contributed by atoms with Crippen LogP contribution in [0.2, 0.25) is 0 Å². The van der Waals surface area contributed by atoms with E-state index in [2.05, 4.69) is 37.9 Å². The van der Waals surface area contributed by atoms with Crippen molar-refractivity contribution in [1.29, 1.82) is 0 Å². The van der Waals surface area contributed by atoms with Gasteiger partial charge in [0, 0.05) is 18.8 Å². The van der Waals surface area contributed by atoms with Gasteiger partial charge < -0.3 is 10.1 Å². The first-order valence-corrected chi connectivity index (χ1v) is 6.45. The largest absolute Gasteiger partial charge is 0.489 e. The van der Waals surface area contributed by atoms with Crippen molar-refractivity contribution in [3.05, 3.63) is 29.8 Å². The minimum Gasteiger partial charge on any atom is -0.489 e. The minimum atomic E-state index is 0.237. The fourth-order valence-corrected chi connectivity index (χ4v) is 1.64. The Morgan fingerprint density at radius 3 is 2.75 bits per heavy atom. The van der Waals surface area contributed by atoms with Crippen molar-refractivity contribution in [3.8, 4) is 5.75 Å². The van der Waals surface area contributed by atoms with E-state index in [0.29, 0.717) is 0 Å². The molecule has 3 heteroatoms. The predicted molar refractivity (Wildman–Crippen MR) is 72.6 cm³/mol. The van der Waals surface area contributed by atoms with E-state index >= 15 is 0 Å². The Morgan fingerprint density at radius 2 is 2.12 bits per heavy atom. The number of hydrogen-bond acceptors (Lipinski definition) is 3. The van der Waals surface area contributed by atoms with Gasteiger partial charge in [0.2, 0.25) is 0 Å². The van der Waals surface area contributed by atoms with Crippen LogP contribution >= 0.6 is 12.6 Å². The van der Waals surface area contributed by atoms with Crippen molar-refractivity contribution < 1.29 is 4.74 Å². The summed E-state index contributed by atoms with van der Waals surface area (Å²) in [5.41, 5.74) is 1.19. The summed E-state index contributed by atoms with van der Waals surface area (Å²) in [5.74, 6) is 1.85. The van der Waals surface area contributed by atoms with Crippen LogP contribution in [0.1, 0.15) is 18.9 Å². The fraction of sp³-hybridized carbons (Fsp3) is 0.538. The second kappa shape index (κ2) is 7.58.